The van der Waals surface area contributed by atoms with E-state index in [0.29, 0.717) is 23.5 Å². The van der Waals surface area contributed by atoms with E-state index in [9.17, 15) is 9.18 Å². The summed E-state index contributed by atoms with van der Waals surface area (Å²) in [4.78, 5) is 17.5. The van der Waals surface area contributed by atoms with Gasteiger partial charge in [-0.2, -0.15) is 5.10 Å². The minimum Gasteiger partial charge on any atom is -0.495 e. The summed E-state index contributed by atoms with van der Waals surface area (Å²) < 4.78 is 21.3. The molecule has 0 saturated carbocycles. The van der Waals surface area contributed by atoms with Crippen molar-refractivity contribution in [3.05, 3.63) is 76.4 Å². The molecule has 0 saturated heterocycles. The number of hydrogen-bond donors (Lipinski definition) is 2. The van der Waals surface area contributed by atoms with Gasteiger partial charge in [0.05, 0.1) is 25.0 Å². The Bertz CT molecular complexity index is 1170. The number of guanidine groups is 1. The SMILES string of the molecule is CCCn1cc(CN=C(NC(=O)c2ccc(C)c(F)c2)Nc2cc(C)ccc2OC)c(C)n1. The van der Waals surface area contributed by atoms with E-state index in [1.54, 1.807) is 26.2 Å². The second kappa shape index (κ2) is 10.8. The molecule has 0 fully saturated rings. The maximum Gasteiger partial charge on any atom is 0.258 e. The summed E-state index contributed by atoms with van der Waals surface area (Å²) in [6, 6.07) is 10.0. The number of hydrogen-bond acceptors (Lipinski definition) is 4. The van der Waals surface area contributed by atoms with Gasteiger partial charge in [-0.15, -0.1) is 0 Å². The van der Waals surface area contributed by atoms with E-state index < -0.39 is 11.7 Å². The highest BCUT2D eigenvalue weighted by atomic mass is 19.1. The van der Waals surface area contributed by atoms with Gasteiger partial charge < -0.3 is 10.1 Å². The van der Waals surface area contributed by atoms with Gasteiger partial charge in [-0.25, -0.2) is 9.38 Å². The Hall–Kier alpha value is -3.68. The summed E-state index contributed by atoms with van der Waals surface area (Å²) in [5.41, 5.74) is 4.19. The molecule has 2 N–H and O–H groups in total. The molecule has 3 aromatic rings. The third-order valence-electron chi connectivity index (χ3n) is 5.18. The number of aromatic nitrogens is 2. The van der Waals surface area contributed by atoms with E-state index >= 15 is 0 Å². The van der Waals surface area contributed by atoms with Crippen molar-refractivity contribution < 1.29 is 13.9 Å². The molecule has 7 nitrogen and oxygen atoms in total. The van der Waals surface area contributed by atoms with Crippen LogP contribution in [0.1, 0.15) is 46.1 Å². The molecule has 2 aromatic carbocycles. The first kappa shape index (κ1) is 24.0. The molecule has 0 bridgehead atoms. The highest BCUT2D eigenvalue weighted by Crippen LogP contribution is 2.25. The fraction of sp³-hybridized carbons (Fsp3) is 0.320. The Morgan fingerprint density at radius 3 is 2.67 bits per heavy atom. The molecule has 33 heavy (non-hydrogen) atoms. The van der Waals surface area contributed by atoms with Crippen LogP contribution >= 0.6 is 0 Å². The summed E-state index contributed by atoms with van der Waals surface area (Å²) >= 11 is 0. The van der Waals surface area contributed by atoms with Crippen molar-refractivity contribution in [1.82, 2.24) is 15.1 Å². The first-order chi connectivity index (χ1) is 15.8. The first-order valence-electron chi connectivity index (χ1n) is 10.9. The number of rotatable bonds is 7. The third-order valence-corrected chi connectivity index (χ3v) is 5.18. The number of amides is 1. The highest BCUT2D eigenvalue weighted by Gasteiger charge is 2.14. The van der Waals surface area contributed by atoms with Crippen molar-refractivity contribution in [2.24, 2.45) is 4.99 Å². The fourth-order valence-corrected chi connectivity index (χ4v) is 3.29. The van der Waals surface area contributed by atoms with Crippen LogP contribution in [0, 0.1) is 26.6 Å². The van der Waals surface area contributed by atoms with E-state index in [0.717, 1.165) is 29.8 Å². The van der Waals surface area contributed by atoms with Crippen LogP contribution < -0.4 is 15.4 Å². The second-order valence-corrected chi connectivity index (χ2v) is 7.91. The molecule has 0 unspecified atom stereocenters. The van der Waals surface area contributed by atoms with Gasteiger partial charge in [0.2, 0.25) is 5.96 Å². The van der Waals surface area contributed by atoms with Gasteiger partial charge in [-0.05, 0) is 62.6 Å². The lowest BCUT2D eigenvalue weighted by Gasteiger charge is -2.15. The van der Waals surface area contributed by atoms with Crippen LogP contribution in [0.25, 0.3) is 0 Å². The highest BCUT2D eigenvalue weighted by molar-refractivity contribution is 6.10. The Morgan fingerprint density at radius 1 is 1.18 bits per heavy atom. The topological polar surface area (TPSA) is 80.5 Å². The van der Waals surface area contributed by atoms with Gasteiger partial charge in [0.15, 0.2) is 0 Å². The second-order valence-electron chi connectivity index (χ2n) is 7.91. The molecule has 1 heterocycles. The number of aryl methyl sites for hydroxylation is 4. The Labute approximate surface area is 193 Å². The lowest BCUT2D eigenvalue weighted by atomic mass is 10.1. The average molecular weight is 452 g/mol. The lowest BCUT2D eigenvalue weighted by molar-refractivity contribution is 0.0976. The van der Waals surface area contributed by atoms with Crippen molar-refractivity contribution >= 4 is 17.6 Å². The zero-order valence-electron chi connectivity index (χ0n) is 19.7. The summed E-state index contributed by atoms with van der Waals surface area (Å²) in [5, 5.41) is 10.4. The van der Waals surface area contributed by atoms with Crippen LogP contribution in [-0.4, -0.2) is 28.8 Å². The number of benzene rings is 2. The number of nitrogens with one attached hydrogen (secondary N) is 2. The van der Waals surface area contributed by atoms with Crippen LogP contribution in [0.2, 0.25) is 0 Å². The smallest absolute Gasteiger partial charge is 0.258 e. The number of nitrogens with zero attached hydrogens (tertiary/aromatic N) is 3. The molecule has 1 aromatic heterocycles. The van der Waals surface area contributed by atoms with Crippen LogP contribution in [0.3, 0.4) is 0 Å². The van der Waals surface area contributed by atoms with E-state index in [1.807, 2.05) is 42.9 Å². The number of ether oxygens (including phenoxy) is 1. The molecule has 0 aliphatic rings. The minimum atomic E-state index is -0.467. The van der Waals surface area contributed by atoms with Crippen molar-refractivity contribution in [2.75, 3.05) is 12.4 Å². The maximum absolute atomic E-state index is 14.0. The third kappa shape index (κ3) is 6.19. The first-order valence-corrected chi connectivity index (χ1v) is 10.9. The van der Waals surface area contributed by atoms with Crippen LogP contribution in [-0.2, 0) is 13.1 Å². The molecule has 0 spiro atoms. The Morgan fingerprint density at radius 2 is 1.97 bits per heavy atom. The van der Waals surface area contributed by atoms with E-state index in [-0.39, 0.29) is 11.5 Å². The van der Waals surface area contributed by atoms with Crippen molar-refractivity contribution in [3.8, 4) is 5.75 Å². The molecule has 0 atom stereocenters. The number of anilines is 1. The maximum atomic E-state index is 14.0. The van der Waals surface area contributed by atoms with Crippen molar-refractivity contribution in [3.63, 3.8) is 0 Å². The van der Waals surface area contributed by atoms with Gasteiger partial charge in [-0.1, -0.05) is 19.1 Å². The predicted molar refractivity (Wildman–Crippen MR) is 128 cm³/mol. The molecule has 3 rings (SSSR count). The zero-order valence-corrected chi connectivity index (χ0v) is 19.7. The molecule has 0 radical (unpaired) electrons. The van der Waals surface area contributed by atoms with Crippen LogP contribution in [0.4, 0.5) is 10.1 Å². The molecular weight excluding hydrogens is 421 g/mol. The van der Waals surface area contributed by atoms with E-state index in [1.165, 1.54) is 6.07 Å². The predicted octanol–water partition coefficient (Wildman–Crippen LogP) is 4.76. The molecule has 0 aliphatic carbocycles. The average Bonchev–Trinajstić information content (AvgIpc) is 3.13. The zero-order chi connectivity index (χ0) is 24.0. The number of carbonyl (C=O) groups excluding carboxylic acids is 1. The molecule has 174 valence electrons. The molecule has 1 amide bonds. The molecule has 8 heteroatoms. The fourth-order valence-electron chi connectivity index (χ4n) is 3.29. The summed E-state index contributed by atoms with van der Waals surface area (Å²) in [6.07, 6.45) is 2.94. The minimum absolute atomic E-state index is 0.204. The molecule has 0 aliphatic heterocycles. The Kier molecular flexibility index (Phi) is 7.82. The number of aliphatic imine (C=N–C) groups is 1. The van der Waals surface area contributed by atoms with Crippen molar-refractivity contribution in [2.45, 2.75) is 47.2 Å². The van der Waals surface area contributed by atoms with E-state index in [2.05, 4.69) is 27.6 Å². The number of carbonyl (C=O) groups is 1. The monoisotopic (exact) mass is 451 g/mol. The lowest BCUT2D eigenvalue weighted by Crippen LogP contribution is -2.36. The van der Waals surface area contributed by atoms with Gasteiger partial charge in [0, 0.05) is 23.9 Å². The summed E-state index contributed by atoms with van der Waals surface area (Å²) in [6.45, 7) is 8.77. The van der Waals surface area contributed by atoms with E-state index in [4.69, 9.17) is 4.74 Å². The van der Waals surface area contributed by atoms with Crippen molar-refractivity contribution in [1.29, 1.82) is 0 Å². The van der Waals surface area contributed by atoms with Gasteiger partial charge in [-0.3, -0.25) is 14.8 Å². The number of methoxy groups -OCH3 is 1. The standard InChI is InChI=1S/C25H30FN5O2/c1-6-11-31-15-20(18(4)30-31)14-27-25(28-22-12-16(2)7-10-23(22)33-5)29-24(32)19-9-8-17(3)21(26)13-19/h7-10,12-13,15H,6,11,14H2,1-5H3,(H2,27,28,29,32). The van der Waals surface area contributed by atoms with Gasteiger partial charge in [0.1, 0.15) is 11.6 Å². The molecular formula is C25H30FN5O2. The Balaban J connectivity index is 1.90. The summed E-state index contributed by atoms with van der Waals surface area (Å²) in [5.74, 6) is -0.0676. The van der Waals surface area contributed by atoms with Gasteiger partial charge in [0.25, 0.3) is 5.91 Å². The summed E-state index contributed by atoms with van der Waals surface area (Å²) in [7, 11) is 1.58. The number of halogens is 1. The largest absolute Gasteiger partial charge is 0.495 e. The van der Waals surface area contributed by atoms with Crippen LogP contribution in [0.15, 0.2) is 47.6 Å². The normalized spacial score (nSPS) is 11.4. The van der Waals surface area contributed by atoms with Crippen LogP contribution in [0.5, 0.6) is 5.75 Å². The van der Waals surface area contributed by atoms with Gasteiger partial charge >= 0.3 is 0 Å². The quantitative estimate of drug-likeness (QED) is 0.401.